The molecule has 4 rings (SSSR count). The van der Waals surface area contributed by atoms with Crippen molar-refractivity contribution >= 4 is 15.9 Å². The molecule has 4 aliphatic heterocycles. The molecule has 10 atom stereocenters. The van der Waals surface area contributed by atoms with Crippen molar-refractivity contribution in [3.63, 3.8) is 0 Å². The number of aliphatic hydroxyl groups excluding tert-OH is 1. The summed E-state index contributed by atoms with van der Waals surface area (Å²) in [5, 5.41) is 33.5. The van der Waals surface area contributed by atoms with Crippen LogP contribution in [0, 0.1) is 0 Å². The first-order valence-corrected chi connectivity index (χ1v) is 15.7. The molecule has 0 bridgehead atoms. The molecule has 0 aliphatic carbocycles. The van der Waals surface area contributed by atoms with E-state index in [0.717, 1.165) is 32.1 Å². The number of hydrogen-bond donors (Lipinski definition) is 3. The van der Waals surface area contributed by atoms with Crippen molar-refractivity contribution in [2.75, 3.05) is 0 Å². The summed E-state index contributed by atoms with van der Waals surface area (Å²) in [7, 11) is 0. The molecule has 3 N–H and O–H groups in total. The van der Waals surface area contributed by atoms with Gasteiger partial charge in [0.2, 0.25) is 0 Å². The molecule has 0 aromatic rings. The lowest BCUT2D eigenvalue weighted by atomic mass is 9.79. The zero-order chi connectivity index (χ0) is 28.4. The van der Waals surface area contributed by atoms with E-state index in [1.54, 1.807) is 0 Å². The topological polar surface area (TPSA) is 97.6 Å². The van der Waals surface area contributed by atoms with Crippen molar-refractivity contribution in [3.8, 4) is 0 Å². The van der Waals surface area contributed by atoms with E-state index in [1.165, 1.54) is 0 Å². The molecule has 38 heavy (non-hydrogen) atoms. The molecule has 4 aliphatic rings. The Kier molecular flexibility index (Phi) is 8.59. The van der Waals surface area contributed by atoms with E-state index in [1.807, 2.05) is 27.7 Å². The van der Waals surface area contributed by atoms with Gasteiger partial charge in [0.25, 0.3) is 0 Å². The third kappa shape index (κ3) is 6.18. The van der Waals surface area contributed by atoms with Crippen LogP contribution in [-0.4, -0.2) is 84.3 Å². The summed E-state index contributed by atoms with van der Waals surface area (Å²) >= 11 is 3.74. The normalized spacial score (nSPS) is 48.9. The first kappa shape index (κ1) is 31.1. The number of rotatable bonds is 4. The minimum absolute atomic E-state index is 0.103. The van der Waals surface area contributed by atoms with Gasteiger partial charge in [-0.1, -0.05) is 15.9 Å². The molecular weight excluding hydrogens is 552 g/mol. The minimum atomic E-state index is -1.07. The van der Waals surface area contributed by atoms with Crippen LogP contribution in [0.3, 0.4) is 0 Å². The van der Waals surface area contributed by atoms with Gasteiger partial charge < -0.3 is 34.3 Å². The highest BCUT2D eigenvalue weighted by molar-refractivity contribution is 9.09. The van der Waals surface area contributed by atoms with Crippen LogP contribution < -0.4 is 0 Å². The van der Waals surface area contributed by atoms with Gasteiger partial charge in [0.1, 0.15) is 0 Å². The Morgan fingerprint density at radius 3 is 2.05 bits per heavy atom. The zero-order valence-corrected chi connectivity index (χ0v) is 26.5. The number of hydrogen-bond acceptors (Lipinski definition) is 7. The average molecular weight is 606 g/mol. The van der Waals surface area contributed by atoms with Gasteiger partial charge in [0.05, 0.1) is 64.1 Å². The lowest BCUT2D eigenvalue weighted by molar-refractivity contribution is -0.262. The zero-order valence-electron chi connectivity index (χ0n) is 24.9. The molecule has 4 fully saturated rings. The molecule has 4 saturated heterocycles. The van der Waals surface area contributed by atoms with Gasteiger partial charge in [-0.15, -0.1) is 0 Å². The van der Waals surface area contributed by atoms with E-state index in [4.69, 9.17) is 18.9 Å². The van der Waals surface area contributed by atoms with Crippen molar-refractivity contribution in [2.24, 2.45) is 0 Å². The average Bonchev–Trinajstić information content (AvgIpc) is 3.01. The Morgan fingerprint density at radius 1 is 0.763 bits per heavy atom. The first-order valence-electron chi connectivity index (χ1n) is 14.8. The second-order valence-electron chi connectivity index (χ2n) is 14.7. The molecular formula is C30H53BrO7. The van der Waals surface area contributed by atoms with E-state index in [9.17, 15) is 15.3 Å². The second kappa shape index (κ2) is 10.5. The van der Waals surface area contributed by atoms with Crippen LogP contribution in [0.15, 0.2) is 0 Å². The third-order valence-corrected chi connectivity index (χ3v) is 11.9. The van der Waals surface area contributed by atoms with Crippen LogP contribution in [0.2, 0.25) is 0 Å². The smallest absolute Gasteiger partial charge is 0.0921 e. The van der Waals surface area contributed by atoms with Crippen LogP contribution in [0.4, 0.5) is 0 Å². The molecule has 7 nitrogen and oxygen atoms in total. The van der Waals surface area contributed by atoms with Crippen LogP contribution >= 0.6 is 15.9 Å². The highest BCUT2D eigenvalue weighted by Gasteiger charge is 2.56. The third-order valence-electron chi connectivity index (χ3n) is 10.3. The number of fused-ring (bicyclic) bond motifs is 2. The number of aliphatic hydroxyl groups is 3. The van der Waals surface area contributed by atoms with E-state index in [-0.39, 0.29) is 29.2 Å². The van der Waals surface area contributed by atoms with E-state index < -0.39 is 39.7 Å². The molecule has 0 spiro atoms. The van der Waals surface area contributed by atoms with Crippen LogP contribution in [0.25, 0.3) is 0 Å². The number of halogens is 1. The summed E-state index contributed by atoms with van der Waals surface area (Å²) in [6, 6.07) is 0. The van der Waals surface area contributed by atoms with E-state index in [0.29, 0.717) is 32.1 Å². The van der Waals surface area contributed by atoms with Crippen molar-refractivity contribution in [3.05, 3.63) is 0 Å². The van der Waals surface area contributed by atoms with Crippen LogP contribution in [-0.2, 0) is 18.9 Å². The largest absolute Gasteiger partial charge is 0.390 e. The Balaban J connectivity index is 1.44. The van der Waals surface area contributed by atoms with Crippen molar-refractivity contribution in [2.45, 2.75) is 189 Å². The summed E-state index contributed by atoms with van der Waals surface area (Å²) in [5.74, 6) is 0. The summed E-state index contributed by atoms with van der Waals surface area (Å²) < 4.78 is 26.5. The lowest BCUT2D eigenvalue weighted by Crippen LogP contribution is -2.57. The predicted octanol–water partition coefficient (Wildman–Crippen LogP) is 5.18. The van der Waals surface area contributed by atoms with Gasteiger partial charge in [-0.2, -0.15) is 0 Å². The fourth-order valence-corrected chi connectivity index (χ4v) is 7.44. The summed E-state index contributed by atoms with van der Waals surface area (Å²) in [5.41, 5.74) is -4.08. The standard InChI is InChI=1S/C30H53BrO7/c1-25(2)19(31)11-15-27(5,33)22(35-25)13-16-28(6,34)21-9-10-23-30(8,37-21)18-14-24-29(7,38-23)17-12-20(32)26(3,4)36-24/h19-24,32-34H,9-18H2,1-8H3/t19-,20+,21-,22+,23+,24+,27+,28+,29-,30-/m1/s1. The molecule has 4 heterocycles. The monoisotopic (exact) mass is 604 g/mol. The van der Waals surface area contributed by atoms with Crippen LogP contribution in [0.5, 0.6) is 0 Å². The molecule has 0 radical (unpaired) electrons. The SMILES string of the molecule is CC1(C)O[C@@H](CC[C@](C)(O)[C@H]2CC[C@@H]3O[C@]4(C)CC[C@H](O)C(C)(C)O[C@H]4CC[C@@]3(C)O2)[C@@](C)(O)CC[C@H]1Br. The van der Waals surface area contributed by atoms with E-state index in [2.05, 4.69) is 43.6 Å². The molecule has 0 amide bonds. The number of ether oxygens (including phenoxy) is 4. The van der Waals surface area contributed by atoms with Gasteiger partial charge in [0.15, 0.2) is 0 Å². The van der Waals surface area contributed by atoms with Crippen molar-refractivity contribution < 1.29 is 34.3 Å². The highest BCUT2D eigenvalue weighted by Crippen LogP contribution is 2.48. The minimum Gasteiger partial charge on any atom is -0.390 e. The maximum Gasteiger partial charge on any atom is 0.0921 e. The Hall–Kier alpha value is 0.200. The molecule has 222 valence electrons. The quantitative estimate of drug-likeness (QED) is 0.380. The summed E-state index contributed by atoms with van der Waals surface area (Å²) in [4.78, 5) is 0.161. The van der Waals surface area contributed by atoms with Gasteiger partial charge in [0, 0.05) is 4.83 Å². The Labute approximate surface area is 238 Å². The Bertz CT molecular complexity index is 844. The predicted molar refractivity (Wildman–Crippen MR) is 151 cm³/mol. The van der Waals surface area contributed by atoms with Crippen molar-refractivity contribution in [1.29, 1.82) is 0 Å². The molecule has 0 saturated carbocycles. The van der Waals surface area contributed by atoms with Crippen LogP contribution in [0.1, 0.15) is 120 Å². The van der Waals surface area contributed by atoms with Gasteiger partial charge in [-0.3, -0.25) is 0 Å². The highest BCUT2D eigenvalue weighted by atomic mass is 79.9. The summed E-state index contributed by atoms with van der Waals surface area (Å²) in [6.45, 7) is 16.0. The van der Waals surface area contributed by atoms with Crippen molar-refractivity contribution in [1.82, 2.24) is 0 Å². The molecule has 8 heteroatoms. The van der Waals surface area contributed by atoms with Gasteiger partial charge >= 0.3 is 0 Å². The molecule has 0 unspecified atom stereocenters. The maximum atomic E-state index is 11.7. The van der Waals surface area contributed by atoms with Gasteiger partial charge in [-0.25, -0.2) is 0 Å². The van der Waals surface area contributed by atoms with E-state index >= 15 is 0 Å². The molecule has 0 aromatic heterocycles. The lowest BCUT2D eigenvalue weighted by Gasteiger charge is -2.49. The van der Waals surface area contributed by atoms with Gasteiger partial charge in [-0.05, 0) is 120 Å². The second-order valence-corrected chi connectivity index (χ2v) is 15.8. The fraction of sp³-hybridized carbons (Fsp3) is 1.00. The fourth-order valence-electron chi connectivity index (χ4n) is 7.10. The number of alkyl halides is 1. The maximum absolute atomic E-state index is 11.7. The first-order chi connectivity index (χ1) is 17.3. The molecule has 0 aromatic carbocycles. The summed E-state index contributed by atoms with van der Waals surface area (Å²) in [6.07, 6.45) is 5.43. The Morgan fingerprint density at radius 2 is 1.37 bits per heavy atom.